The standard InChI is InChI=1S/C11H16N2O3/c1-11(2)7(8(11)10(15)16)9(14)13-6-4-3-5-12/h7-8H,3-4,6H2,1-2H3,(H,13,14)(H,15,16). The van der Waals surface area contributed by atoms with E-state index < -0.39 is 23.2 Å². The molecule has 1 aliphatic carbocycles. The summed E-state index contributed by atoms with van der Waals surface area (Å²) in [6, 6.07) is 1.98. The summed E-state index contributed by atoms with van der Waals surface area (Å²) in [6.07, 6.45) is 1.00. The average Bonchev–Trinajstić information content (AvgIpc) is 2.76. The Morgan fingerprint density at radius 3 is 2.50 bits per heavy atom. The molecule has 1 amide bonds. The fraction of sp³-hybridized carbons (Fsp3) is 0.727. The molecule has 0 aromatic heterocycles. The van der Waals surface area contributed by atoms with Crippen LogP contribution in [0.25, 0.3) is 0 Å². The maximum absolute atomic E-state index is 11.6. The SMILES string of the molecule is CC1(C)C(C(=O)O)C1C(=O)NCCCC#N. The van der Waals surface area contributed by atoms with E-state index in [0.29, 0.717) is 19.4 Å². The Morgan fingerprint density at radius 1 is 1.44 bits per heavy atom. The van der Waals surface area contributed by atoms with Gasteiger partial charge in [-0.25, -0.2) is 0 Å². The molecule has 5 nitrogen and oxygen atoms in total. The van der Waals surface area contributed by atoms with Crippen molar-refractivity contribution in [2.45, 2.75) is 26.7 Å². The summed E-state index contributed by atoms with van der Waals surface area (Å²) < 4.78 is 0. The largest absolute Gasteiger partial charge is 0.481 e. The van der Waals surface area contributed by atoms with Crippen molar-refractivity contribution in [3.05, 3.63) is 0 Å². The first-order valence-electron chi connectivity index (χ1n) is 5.30. The van der Waals surface area contributed by atoms with Crippen molar-refractivity contribution >= 4 is 11.9 Å². The average molecular weight is 224 g/mol. The van der Waals surface area contributed by atoms with Crippen LogP contribution >= 0.6 is 0 Å². The van der Waals surface area contributed by atoms with E-state index in [1.165, 1.54) is 0 Å². The Balaban J connectivity index is 2.40. The van der Waals surface area contributed by atoms with E-state index in [9.17, 15) is 9.59 Å². The highest BCUT2D eigenvalue weighted by Crippen LogP contribution is 2.58. The van der Waals surface area contributed by atoms with Crippen molar-refractivity contribution in [1.29, 1.82) is 5.26 Å². The van der Waals surface area contributed by atoms with E-state index >= 15 is 0 Å². The molecule has 1 saturated carbocycles. The van der Waals surface area contributed by atoms with Crippen molar-refractivity contribution in [2.75, 3.05) is 6.54 Å². The van der Waals surface area contributed by atoms with Crippen LogP contribution in [0.4, 0.5) is 0 Å². The van der Waals surface area contributed by atoms with E-state index in [1.54, 1.807) is 13.8 Å². The monoisotopic (exact) mass is 224 g/mol. The number of carboxylic acids is 1. The van der Waals surface area contributed by atoms with Gasteiger partial charge in [0.1, 0.15) is 0 Å². The van der Waals surface area contributed by atoms with Crippen molar-refractivity contribution in [1.82, 2.24) is 5.32 Å². The van der Waals surface area contributed by atoms with Crippen LogP contribution in [0.5, 0.6) is 0 Å². The molecule has 1 fully saturated rings. The highest BCUT2D eigenvalue weighted by Gasteiger charge is 2.65. The first-order valence-corrected chi connectivity index (χ1v) is 5.30. The minimum absolute atomic E-state index is 0.213. The number of hydrogen-bond donors (Lipinski definition) is 2. The highest BCUT2D eigenvalue weighted by molar-refractivity contribution is 5.91. The number of unbranched alkanes of at least 4 members (excludes halogenated alkanes) is 1. The maximum atomic E-state index is 11.6. The molecule has 0 aliphatic heterocycles. The van der Waals surface area contributed by atoms with Gasteiger partial charge in [0.05, 0.1) is 17.9 Å². The van der Waals surface area contributed by atoms with Gasteiger partial charge in [0.15, 0.2) is 0 Å². The van der Waals surface area contributed by atoms with Crippen LogP contribution in [0, 0.1) is 28.6 Å². The van der Waals surface area contributed by atoms with Gasteiger partial charge in [-0.15, -0.1) is 0 Å². The van der Waals surface area contributed by atoms with Crippen LogP contribution in [-0.4, -0.2) is 23.5 Å². The van der Waals surface area contributed by atoms with Gasteiger partial charge in [0, 0.05) is 13.0 Å². The van der Waals surface area contributed by atoms with Crippen LogP contribution < -0.4 is 5.32 Å². The number of rotatable bonds is 5. The number of carboxylic acid groups (broad SMARTS) is 1. The number of nitriles is 1. The lowest BCUT2D eigenvalue weighted by Crippen LogP contribution is -2.28. The Bertz CT molecular complexity index is 344. The second kappa shape index (κ2) is 4.52. The third-order valence-electron chi connectivity index (χ3n) is 3.14. The Kier molecular flexibility index (Phi) is 3.53. The second-order valence-corrected chi connectivity index (χ2v) is 4.67. The molecule has 0 spiro atoms. The van der Waals surface area contributed by atoms with Crippen LogP contribution in [0.2, 0.25) is 0 Å². The quantitative estimate of drug-likeness (QED) is 0.675. The first kappa shape index (κ1) is 12.5. The molecule has 0 heterocycles. The van der Waals surface area contributed by atoms with Gasteiger partial charge in [0.2, 0.25) is 5.91 Å². The number of carbonyl (C=O) groups is 2. The fourth-order valence-corrected chi connectivity index (χ4v) is 2.08. The Hall–Kier alpha value is -1.57. The lowest BCUT2D eigenvalue weighted by Gasteiger charge is -2.04. The van der Waals surface area contributed by atoms with Gasteiger partial charge < -0.3 is 10.4 Å². The summed E-state index contributed by atoms with van der Waals surface area (Å²) in [6.45, 7) is 4.00. The summed E-state index contributed by atoms with van der Waals surface area (Å²) in [5.74, 6) is -2.15. The van der Waals surface area contributed by atoms with Crippen molar-refractivity contribution < 1.29 is 14.7 Å². The molecule has 2 atom stereocenters. The zero-order valence-corrected chi connectivity index (χ0v) is 9.49. The Labute approximate surface area is 94.4 Å². The molecule has 0 aromatic rings. The molecular weight excluding hydrogens is 208 g/mol. The number of carbonyl (C=O) groups excluding carboxylic acids is 1. The third-order valence-corrected chi connectivity index (χ3v) is 3.14. The molecule has 2 N–H and O–H groups in total. The molecule has 0 aromatic carbocycles. The van der Waals surface area contributed by atoms with Gasteiger partial charge in [-0.2, -0.15) is 5.26 Å². The number of hydrogen-bond acceptors (Lipinski definition) is 3. The molecule has 0 saturated heterocycles. The molecule has 5 heteroatoms. The summed E-state index contributed by atoms with van der Waals surface area (Å²) in [4.78, 5) is 22.5. The van der Waals surface area contributed by atoms with E-state index in [-0.39, 0.29) is 5.91 Å². The Morgan fingerprint density at radius 2 is 2.06 bits per heavy atom. The summed E-state index contributed by atoms with van der Waals surface area (Å²) in [5.41, 5.74) is -0.453. The zero-order valence-electron chi connectivity index (χ0n) is 9.49. The first-order chi connectivity index (χ1) is 7.42. The van der Waals surface area contributed by atoms with Crippen LogP contribution in [0.15, 0.2) is 0 Å². The second-order valence-electron chi connectivity index (χ2n) is 4.67. The summed E-state index contributed by atoms with van der Waals surface area (Å²) in [5, 5.41) is 19.9. The fourth-order valence-electron chi connectivity index (χ4n) is 2.08. The zero-order chi connectivity index (χ0) is 12.3. The smallest absolute Gasteiger partial charge is 0.307 e. The van der Waals surface area contributed by atoms with Gasteiger partial charge in [-0.05, 0) is 11.8 Å². The predicted octanol–water partition coefficient (Wildman–Crippen LogP) is 0.763. The number of nitrogens with one attached hydrogen (secondary N) is 1. The molecule has 16 heavy (non-hydrogen) atoms. The van der Waals surface area contributed by atoms with Gasteiger partial charge in [-0.1, -0.05) is 13.8 Å². The molecule has 1 rings (SSSR count). The summed E-state index contributed by atoms with van der Waals surface area (Å²) in [7, 11) is 0. The highest BCUT2D eigenvalue weighted by atomic mass is 16.4. The number of nitrogens with zero attached hydrogens (tertiary/aromatic N) is 1. The molecule has 0 bridgehead atoms. The predicted molar refractivity (Wildman–Crippen MR) is 56.3 cm³/mol. The van der Waals surface area contributed by atoms with E-state index in [1.807, 2.05) is 6.07 Å². The number of amides is 1. The van der Waals surface area contributed by atoms with Crippen molar-refractivity contribution in [2.24, 2.45) is 17.3 Å². The van der Waals surface area contributed by atoms with Crippen LogP contribution in [0.3, 0.4) is 0 Å². The number of aliphatic carboxylic acids is 1. The van der Waals surface area contributed by atoms with Gasteiger partial charge >= 0.3 is 5.97 Å². The maximum Gasteiger partial charge on any atom is 0.307 e. The van der Waals surface area contributed by atoms with Gasteiger partial charge in [0.25, 0.3) is 0 Å². The van der Waals surface area contributed by atoms with E-state index in [4.69, 9.17) is 10.4 Å². The molecule has 0 radical (unpaired) electrons. The van der Waals surface area contributed by atoms with E-state index in [0.717, 1.165) is 0 Å². The van der Waals surface area contributed by atoms with Gasteiger partial charge in [-0.3, -0.25) is 9.59 Å². The lowest BCUT2D eigenvalue weighted by molar-refractivity contribution is -0.140. The molecule has 2 unspecified atom stereocenters. The van der Waals surface area contributed by atoms with E-state index in [2.05, 4.69) is 5.32 Å². The summed E-state index contributed by atoms with van der Waals surface area (Å²) >= 11 is 0. The topological polar surface area (TPSA) is 90.2 Å². The normalized spacial score (nSPS) is 25.6. The molecule has 88 valence electrons. The lowest BCUT2D eigenvalue weighted by atomic mass is 10.1. The minimum atomic E-state index is -0.915. The third kappa shape index (κ3) is 2.32. The minimum Gasteiger partial charge on any atom is -0.481 e. The van der Waals surface area contributed by atoms with Crippen molar-refractivity contribution in [3.63, 3.8) is 0 Å². The molecule has 1 aliphatic rings. The molecular formula is C11H16N2O3. The van der Waals surface area contributed by atoms with Crippen LogP contribution in [0.1, 0.15) is 26.7 Å². The van der Waals surface area contributed by atoms with Crippen LogP contribution in [-0.2, 0) is 9.59 Å². The van der Waals surface area contributed by atoms with Crippen molar-refractivity contribution in [3.8, 4) is 6.07 Å².